The van der Waals surface area contributed by atoms with Crippen molar-refractivity contribution < 1.29 is 29.0 Å². The van der Waals surface area contributed by atoms with E-state index in [4.69, 9.17) is 4.74 Å². The fourth-order valence-corrected chi connectivity index (χ4v) is 3.90. The highest BCUT2D eigenvalue weighted by atomic mass is 32.2. The number of anilines is 2. The third-order valence-electron chi connectivity index (χ3n) is 4.48. The molecule has 150 valence electrons. The first kappa shape index (κ1) is 20.4. The van der Waals surface area contributed by atoms with Crippen molar-refractivity contribution in [3.8, 4) is 5.75 Å². The first-order chi connectivity index (χ1) is 13.8. The molecule has 3 amide bonds. The average molecular weight is 414 g/mol. The van der Waals surface area contributed by atoms with Gasteiger partial charge >= 0.3 is 5.97 Å². The quantitative estimate of drug-likeness (QED) is 0.775. The van der Waals surface area contributed by atoms with Crippen molar-refractivity contribution in [3.05, 3.63) is 54.1 Å². The van der Waals surface area contributed by atoms with E-state index in [0.717, 1.165) is 16.7 Å². The molecule has 1 heterocycles. The van der Waals surface area contributed by atoms with E-state index in [2.05, 4.69) is 0 Å². The minimum Gasteiger partial charge on any atom is -0.497 e. The standard InChI is InChI=1S/C20H18N2O6S/c1-21(15-6-4-3-5-14(15)19(25)26)17(23)11-16-18(24)22(20(27)29-16)12-7-9-13(28-2)10-8-12/h3-10,16H,11H2,1-2H3,(H,25,26). The molecule has 29 heavy (non-hydrogen) atoms. The Morgan fingerprint density at radius 2 is 1.79 bits per heavy atom. The molecule has 0 radical (unpaired) electrons. The molecule has 1 aliphatic rings. The number of carbonyl (C=O) groups excluding carboxylic acids is 3. The van der Waals surface area contributed by atoms with Crippen LogP contribution in [-0.4, -0.2) is 47.5 Å². The van der Waals surface area contributed by atoms with Crippen molar-refractivity contribution in [1.29, 1.82) is 0 Å². The largest absolute Gasteiger partial charge is 0.497 e. The van der Waals surface area contributed by atoms with Crippen LogP contribution in [0.5, 0.6) is 5.75 Å². The molecule has 1 fully saturated rings. The molecule has 2 aromatic carbocycles. The monoisotopic (exact) mass is 414 g/mol. The predicted octanol–water partition coefficient (Wildman–Crippen LogP) is 3.01. The lowest BCUT2D eigenvalue weighted by molar-refractivity contribution is -0.122. The van der Waals surface area contributed by atoms with Crippen LogP contribution in [0.15, 0.2) is 48.5 Å². The van der Waals surface area contributed by atoms with E-state index in [1.807, 2.05) is 0 Å². The van der Waals surface area contributed by atoms with Crippen molar-refractivity contribution in [1.82, 2.24) is 0 Å². The highest BCUT2D eigenvalue weighted by molar-refractivity contribution is 8.15. The number of ether oxygens (including phenoxy) is 1. The summed E-state index contributed by atoms with van der Waals surface area (Å²) in [5, 5.41) is 7.95. The number of carboxylic acids is 1. The molecule has 0 aliphatic carbocycles. The summed E-state index contributed by atoms with van der Waals surface area (Å²) in [7, 11) is 2.95. The van der Waals surface area contributed by atoms with Crippen LogP contribution in [-0.2, 0) is 9.59 Å². The van der Waals surface area contributed by atoms with Gasteiger partial charge in [-0.1, -0.05) is 12.1 Å². The number of carbonyl (C=O) groups is 4. The highest BCUT2D eigenvalue weighted by Crippen LogP contribution is 2.34. The molecule has 1 saturated heterocycles. The van der Waals surface area contributed by atoms with E-state index in [9.17, 15) is 24.3 Å². The van der Waals surface area contributed by atoms with Gasteiger partial charge in [-0.2, -0.15) is 0 Å². The van der Waals surface area contributed by atoms with Gasteiger partial charge in [-0.3, -0.25) is 14.4 Å². The van der Waals surface area contributed by atoms with Crippen LogP contribution in [0.3, 0.4) is 0 Å². The molecule has 8 nitrogen and oxygen atoms in total. The van der Waals surface area contributed by atoms with Crippen LogP contribution in [0.1, 0.15) is 16.8 Å². The van der Waals surface area contributed by atoms with Gasteiger partial charge in [0.15, 0.2) is 0 Å². The Morgan fingerprint density at radius 1 is 1.14 bits per heavy atom. The topological polar surface area (TPSA) is 104 Å². The second-order valence-corrected chi connectivity index (χ2v) is 7.38. The van der Waals surface area contributed by atoms with Gasteiger partial charge in [-0.25, -0.2) is 9.69 Å². The van der Waals surface area contributed by atoms with Gasteiger partial charge in [-0.05, 0) is 48.2 Å². The van der Waals surface area contributed by atoms with Crippen molar-refractivity contribution >= 4 is 46.2 Å². The molecule has 0 spiro atoms. The maximum Gasteiger partial charge on any atom is 0.337 e. The highest BCUT2D eigenvalue weighted by Gasteiger charge is 2.42. The molecule has 2 aromatic rings. The number of benzene rings is 2. The van der Waals surface area contributed by atoms with E-state index < -0.39 is 28.3 Å². The molecule has 1 aliphatic heterocycles. The normalized spacial score (nSPS) is 16.1. The van der Waals surface area contributed by atoms with Gasteiger partial charge in [0.25, 0.3) is 5.24 Å². The second-order valence-electron chi connectivity index (χ2n) is 6.22. The van der Waals surface area contributed by atoms with Gasteiger partial charge in [0.05, 0.1) is 24.0 Å². The molecular weight excluding hydrogens is 396 g/mol. The van der Waals surface area contributed by atoms with E-state index >= 15 is 0 Å². The van der Waals surface area contributed by atoms with Gasteiger partial charge < -0.3 is 14.7 Å². The number of imide groups is 1. The zero-order valence-electron chi connectivity index (χ0n) is 15.7. The lowest BCUT2D eigenvalue weighted by atomic mass is 10.1. The lowest BCUT2D eigenvalue weighted by Gasteiger charge is -2.20. The Bertz CT molecular complexity index is 975. The zero-order valence-corrected chi connectivity index (χ0v) is 16.5. The maximum atomic E-state index is 12.7. The number of nitrogens with zero attached hydrogens (tertiary/aromatic N) is 2. The summed E-state index contributed by atoms with van der Waals surface area (Å²) >= 11 is 0.780. The van der Waals surface area contributed by atoms with E-state index in [1.165, 1.54) is 31.2 Å². The number of hydrogen-bond donors (Lipinski definition) is 1. The van der Waals surface area contributed by atoms with E-state index in [0.29, 0.717) is 11.4 Å². The first-order valence-corrected chi connectivity index (χ1v) is 9.49. The maximum absolute atomic E-state index is 12.7. The second kappa shape index (κ2) is 8.36. The van der Waals surface area contributed by atoms with Crippen LogP contribution >= 0.6 is 11.8 Å². The molecule has 0 saturated carbocycles. The summed E-state index contributed by atoms with van der Waals surface area (Å²) in [6, 6.07) is 12.5. The molecule has 1 atom stereocenters. The number of methoxy groups -OCH3 is 1. The molecule has 9 heteroatoms. The van der Waals surface area contributed by atoms with Crippen molar-refractivity contribution in [2.45, 2.75) is 11.7 Å². The lowest BCUT2D eigenvalue weighted by Crippen LogP contribution is -2.35. The first-order valence-electron chi connectivity index (χ1n) is 8.61. The van der Waals surface area contributed by atoms with Crippen LogP contribution in [0, 0.1) is 0 Å². The van der Waals surface area contributed by atoms with Gasteiger partial charge in [0.2, 0.25) is 11.8 Å². The van der Waals surface area contributed by atoms with Gasteiger partial charge in [0, 0.05) is 13.5 Å². The summed E-state index contributed by atoms with van der Waals surface area (Å²) < 4.78 is 5.07. The predicted molar refractivity (Wildman–Crippen MR) is 109 cm³/mol. The number of thioether (sulfide) groups is 1. The Kier molecular flexibility index (Phi) is 5.88. The summed E-state index contributed by atoms with van der Waals surface area (Å²) in [5.41, 5.74) is 0.594. The number of rotatable bonds is 6. The zero-order chi connectivity index (χ0) is 21.1. The van der Waals surface area contributed by atoms with Crippen molar-refractivity contribution in [2.75, 3.05) is 24.0 Å². The van der Waals surface area contributed by atoms with Crippen LogP contribution in [0.4, 0.5) is 16.2 Å². The number of hydrogen-bond acceptors (Lipinski definition) is 6. The number of amides is 3. The fourth-order valence-electron chi connectivity index (χ4n) is 2.93. The summed E-state index contributed by atoms with van der Waals surface area (Å²) in [6.07, 6.45) is -0.230. The fraction of sp³-hybridized carbons (Fsp3) is 0.200. The number of carboxylic acid groups (broad SMARTS) is 1. The molecule has 3 rings (SSSR count). The minimum atomic E-state index is -1.16. The van der Waals surface area contributed by atoms with E-state index in [-0.39, 0.29) is 17.7 Å². The molecular formula is C20H18N2O6S. The molecule has 0 aromatic heterocycles. The summed E-state index contributed by atoms with van der Waals surface area (Å²) in [4.78, 5) is 51.4. The molecule has 0 bridgehead atoms. The SMILES string of the molecule is COc1ccc(N2C(=O)SC(CC(=O)N(C)c3ccccc3C(=O)O)C2=O)cc1. The number of para-hydroxylation sites is 1. The average Bonchev–Trinajstić information content (AvgIpc) is 3.00. The van der Waals surface area contributed by atoms with Crippen LogP contribution in [0.2, 0.25) is 0 Å². The Morgan fingerprint density at radius 3 is 2.41 bits per heavy atom. The Labute approximate surface area is 171 Å². The minimum absolute atomic E-state index is 0.0234. The molecule has 1 N–H and O–H groups in total. The Hall–Kier alpha value is -3.33. The van der Waals surface area contributed by atoms with Crippen molar-refractivity contribution in [3.63, 3.8) is 0 Å². The third kappa shape index (κ3) is 4.09. The van der Waals surface area contributed by atoms with Crippen molar-refractivity contribution in [2.24, 2.45) is 0 Å². The van der Waals surface area contributed by atoms with Crippen LogP contribution in [0.25, 0.3) is 0 Å². The van der Waals surface area contributed by atoms with Crippen LogP contribution < -0.4 is 14.5 Å². The molecule has 1 unspecified atom stereocenters. The van der Waals surface area contributed by atoms with Gasteiger partial charge in [0.1, 0.15) is 11.0 Å². The van der Waals surface area contributed by atoms with Gasteiger partial charge in [-0.15, -0.1) is 0 Å². The number of aromatic carboxylic acids is 1. The summed E-state index contributed by atoms with van der Waals surface area (Å²) in [6.45, 7) is 0. The third-order valence-corrected chi connectivity index (χ3v) is 5.52. The van der Waals surface area contributed by atoms with E-state index in [1.54, 1.807) is 36.4 Å². The smallest absolute Gasteiger partial charge is 0.337 e. The Balaban J connectivity index is 1.75. The summed E-state index contributed by atoms with van der Waals surface area (Å²) in [5.74, 6) is -1.52.